The van der Waals surface area contributed by atoms with Gasteiger partial charge in [-0.15, -0.1) is 5.39 Å². The number of hydrogen-bond donors (Lipinski definition) is 0. The third-order valence-electron chi connectivity index (χ3n) is 10.2. The van der Waals surface area contributed by atoms with Gasteiger partial charge in [-0.05, 0) is 70.8 Å². The second kappa shape index (κ2) is 12.9. The Bertz CT molecular complexity index is 2410. The standard InChI is InChI=1S/C45H36N4.Pt/c1-45(2,34-16-13-19-37(29-34)48-31-47(36-17-7-4-8-18-36)41-22-11-12-23-42(41)48)35-24-25-39-38-20-9-10-21-40(38)49(43(39)30-35)44-28-33(26-27-46-44)32-14-5-3-6-15-32;/h3-12,14-18,20-28H,13,19,31H2,1-2H3;/q-2;+2. The van der Waals surface area contributed by atoms with Gasteiger partial charge in [0.25, 0.3) is 0 Å². The van der Waals surface area contributed by atoms with E-state index < -0.39 is 0 Å². The zero-order chi connectivity index (χ0) is 33.0. The Morgan fingerprint density at radius 3 is 2.18 bits per heavy atom. The number of anilines is 3. The van der Waals surface area contributed by atoms with Crippen molar-refractivity contribution in [2.24, 2.45) is 0 Å². The minimum Gasteiger partial charge on any atom is -0.343 e. The predicted octanol–water partition coefficient (Wildman–Crippen LogP) is 10.9. The van der Waals surface area contributed by atoms with Crippen LogP contribution >= 0.6 is 0 Å². The van der Waals surface area contributed by atoms with E-state index in [4.69, 9.17) is 4.98 Å². The molecule has 5 aromatic carbocycles. The number of hydrogen-bond acceptors (Lipinski definition) is 3. The first-order valence-electron chi connectivity index (χ1n) is 17.1. The van der Waals surface area contributed by atoms with Crippen molar-refractivity contribution in [2.75, 3.05) is 16.5 Å². The second-order valence-corrected chi connectivity index (χ2v) is 13.4. The van der Waals surface area contributed by atoms with Gasteiger partial charge in [0.05, 0.1) is 18.0 Å². The fourth-order valence-corrected chi connectivity index (χ4v) is 7.50. The van der Waals surface area contributed by atoms with Gasteiger partial charge in [-0.3, -0.25) is 0 Å². The zero-order valence-electron chi connectivity index (χ0n) is 28.1. The number of fused-ring (bicyclic) bond motifs is 4. The average Bonchev–Trinajstić information content (AvgIpc) is 3.72. The Hall–Kier alpha value is -5.18. The number of aromatic nitrogens is 2. The van der Waals surface area contributed by atoms with Gasteiger partial charge < -0.3 is 14.4 Å². The molecule has 50 heavy (non-hydrogen) atoms. The molecule has 5 heteroatoms. The monoisotopic (exact) mass is 827 g/mol. The van der Waals surface area contributed by atoms with E-state index in [2.05, 4.69) is 180 Å². The molecule has 0 N–H and O–H groups in total. The maximum Gasteiger partial charge on any atom is 2.00 e. The van der Waals surface area contributed by atoms with E-state index in [-0.39, 0.29) is 26.5 Å². The van der Waals surface area contributed by atoms with Crippen molar-refractivity contribution in [2.45, 2.75) is 32.1 Å². The van der Waals surface area contributed by atoms with E-state index in [0.717, 1.165) is 47.5 Å². The van der Waals surface area contributed by atoms with Crippen LogP contribution in [0.4, 0.5) is 17.1 Å². The van der Waals surface area contributed by atoms with Crippen LogP contribution in [0.2, 0.25) is 0 Å². The van der Waals surface area contributed by atoms with Crippen molar-refractivity contribution in [3.63, 3.8) is 0 Å². The molecule has 3 heterocycles. The first-order chi connectivity index (χ1) is 24.1. The van der Waals surface area contributed by atoms with Crippen LogP contribution in [0.1, 0.15) is 32.3 Å². The van der Waals surface area contributed by atoms with Crippen LogP contribution < -0.4 is 9.80 Å². The van der Waals surface area contributed by atoms with Crippen LogP contribution in [0.3, 0.4) is 0 Å². The normalized spacial score (nSPS) is 14.4. The molecule has 4 nitrogen and oxygen atoms in total. The van der Waals surface area contributed by atoms with E-state index in [0.29, 0.717) is 0 Å². The number of allylic oxidation sites excluding steroid dienone is 4. The molecule has 0 fully saturated rings. The molecule has 0 amide bonds. The molecule has 0 spiro atoms. The van der Waals surface area contributed by atoms with Crippen LogP contribution in [-0.4, -0.2) is 16.2 Å². The molecule has 2 aliphatic rings. The van der Waals surface area contributed by atoms with Crippen molar-refractivity contribution in [1.82, 2.24) is 9.55 Å². The molecule has 0 atom stereocenters. The molecule has 0 bridgehead atoms. The van der Waals surface area contributed by atoms with E-state index >= 15 is 0 Å². The number of nitrogens with zero attached hydrogens (tertiary/aromatic N) is 4. The molecular formula is C45H36N4Pt. The van der Waals surface area contributed by atoms with Crippen LogP contribution in [0.5, 0.6) is 0 Å². The Morgan fingerprint density at radius 1 is 0.680 bits per heavy atom. The van der Waals surface area contributed by atoms with Crippen LogP contribution in [0.15, 0.2) is 157 Å². The van der Waals surface area contributed by atoms with Crippen molar-refractivity contribution in [3.8, 4) is 16.9 Å². The molecule has 246 valence electrons. The summed E-state index contributed by atoms with van der Waals surface area (Å²) in [5, 5.41) is 2.38. The maximum atomic E-state index is 4.90. The minimum absolute atomic E-state index is 0. The first kappa shape index (κ1) is 32.0. The van der Waals surface area contributed by atoms with Crippen molar-refractivity contribution in [3.05, 3.63) is 175 Å². The smallest absolute Gasteiger partial charge is 0.343 e. The average molecular weight is 828 g/mol. The van der Waals surface area contributed by atoms with Gasteiger partial charge in [0, 0.05) is 17.4 Å². The zero-order valence-corrected chi connectivity index (χ0v) is 30.4. The summed E-state index contributed by atoms with van der Waals surface area (Å²) < 4.78 is 2.27. The first-order valence-corrected chi connectivity index (χ1v) is 17.1. The van der Waals surface area contributed by atoms with Gasteiger partial charge >= 0.3 is 21.1 Å². The fourth-order valence-electron chi connectivity index (χ4n) is 7.50. The Labute approximate surface area is 308 Å². The van der Waals surface area contributed by atoms with E-state index in [1.54, 1.807) is 0 Å². The fraction of sp³-hybridized carbons (Fsp3) is 0.133. The van der Waals surface area contributed by atoms with Gasteiger partial charge in [0.15, 0.2) is 0 Å². The van der Waals surface area contributed by atoms with Crippen molar-refractivity contribution in [1.29, 1.82) is 0 Å². The molecule has 7 aromatic rings. The van der Waals surface area contributed by atoms with Crippen LogP contribution in [-0.2, 0) is 26.5 Å². The Morgan fingerprint density at radius 2 is 1.38 bits per heavy atom. The molecule has 9 rings (SSSR count). The molecule has 0 saturated heterocycles. The van der Waals surface area contributed by atoms with E-state index in [1.165, 1.54) is 44.7 Å². The second-order valence-electron chi connectivity index (χ2n) is 13.4. The summed E-state index contributed by atoms with van der Waals surface area (Å²) in [4.78, 5) is 9.74. The van der Waals surface area contributed by atoms with Crippen molar-refractivity contribution >= 4 is 38.9 Å². The largest absolute Gasteiger partial charge is 2.00 e. The van der Waals surface area contributed by atoms with Gasteiger partial charge in [-0.2, -0.15) is 23.8 Å². The Kier molecular flexibility index (Phi) is 8.29. The number of benzene rings is 5. The molecule has 0 saturated carbocycles. The summed E-state index contributed by atoms with van der Waals surface area (Å²) in [7, 11) is 0. The third-order valence-corrected chi connectivity index (χ3v) is 10.2. The Balaban J connectivity index is 0.00000361. The third kappa shape index (κ3) is 5.39. The molecule has 0 unspecified atom stereocenters. The quantitative estimate of drug-likeness (QED) is 0.156. The molecule has 2 aromatic heterocycles. The van der Waals surface area contributed by atoms with Gasteiger partial charge in [-0.1, -0.05) is 110 Å². The summed E-state index contributed by atoms with van der Waals surface area (Å²) in [6, 6.07) is 51.2. The van der Waals surface area contributed by atoms with E-state index in [9.17, 15) is 0 Å². The topological polar surface area (TPSA) is 24.3 Å². The predicted molar refractivity (Wildman–Crippen MR) is 202 cm³/mol. The number of rotatable bonds is 6. The van der Waals surface area contributed by atoms with Gasteiger partial charge in [0.2, 0.25) is 0 Å². The van der Waals surface area contributed by atoms with E-state index in [1.807, 2.05) is 6.20 Å². The van der Waals surface area contributed by atoms with Crippen LogP contribution in [0, 0.1) is 12.1 Å². The van der Waals surface area contributed by atoms with Gasteiger partial charge in [0.1, 0.15) is 5.82 Å². The molecular weight excluding hydrogens is 792 g/mol. The van der Waals surface area contributed by atoms with Gasteiger partial charge in [-0.25, -0.2) is 22.7 Å². The summed E-state index contributed by atoms with van der Waals surface area (Å²) in [6.45, 7) is 5.39. The van der Waals surface area contributed by atoms with Crippen molar-refractivity contribution < 1.29 is 21.1 Å². The summed E-state index contributed by atoms with van der Waals surface area (Å²) >= 11 is 0. The SMILES string of the molecule is CC(C)(C1=CCCC(N2CN(c3ccccc3)c3ccccc32)=[C-]1)c1[c-]c2c(cc1)c1ccccc1n2-c1cc(-c2ccccc2)ccn1.[Pt+2]. The molecule has 1 aliphatic heterocycles. The summed E-state index contributed by atoms with van der Waals surface area (Å²) in [5.41, 5.74) is 11.4. The number of para-hydroxylation sites is 4. The number of pyridine rings is 1. The molecule has 1 aliphatic carbocycles. The minimum atomic E-state index is -0.321. The maximum absolute atomic E-state index is 4.90. The molecule has 0 radical (unpaired) electrons. The van der Waals surface area contributed by atoms with Crippen LogP contribution in [0.25, 0.3) is 38.8 Å². The summed E-state index contributed by atoms with van der Waals surface area (Å²) in [6.07, 6.45) is 10.1. The summed E-state index contributed by atoms with van der Waals surface area (Å²) in [5.74, 6) is 0.889.